The molecule has 144 valence electrons. The van der Waals surface area contributed by atoms with Gasteiger partial charge in [0.05, 0.1) is 22.1 Å². The highest BCUT2D eigenvalue weighted by atomic mass is 35.5. The largest absolute Gasteiger partial charge is 0.465 e. The number of rotatable bonds is 5. The summed E-state index contributed by atoms with van der Waals surface area (Å²) in [7, 11) is 1.14. The predicted molar refractivity (Wildman–Crippen MR) is 100 cm³/mol. The fourth-order valence-electron chi connectivity index (χ4n) is 2.28. The van der Waals surface area contributed by atoms with Gasteiger partial charge in [-0.05, 0) is 12.1 Å². The van der Waals surface area contributed by atoms with E-state index in [0.29, 0.717) is 0 Å². The van der Waals surface area contributed by atoms with Crippen LogP contribution in [0.15, 0.2) is 29.0 Å². The lowest BCUT2D eigenvalue weighted by molar-refractivity contribution is -0.384. The molecule has 0 saturated heterocycles. The summed E-state index contributed by atoms with van der Waals surface area (Å²) in [5.41, 5.74) is -0.610. The quantitative estimate of drug-likeness (QED) is 0.261. The zero-order valence-electron chi connectivity index (χ0n) is 13.8. The first-order valence-electron chi connectivity index (χ1n) is 7.29. The third-order valence-electron chi connectivity index (χ3n) is 3.47. The summed E-state index contributed by atoms with van der Waals surface area (Å²) in [5, 5.41) is 17.6. The Hall–Kier alpha value is -2.95. The number of benzene rings is 1. The SMILES string of the molecule is COC(=O)c1c(-c2c(Cl)cccc2Cl)noc1Nc1ncnc(Cl)c1[N+](=O)[O-]. The summed E-state index contributed by atoms with van der Waals surface area (Å²) in [5.74, 6) is -1.45. The van der Waals surface area contributed by atoms with E-state index in [2.05, 4.69) is 20.4 Å². The smallest absolute Gasteiger partial charge is 0.348 e. The number of methoxy groups -OCH3 is 1. The van der Waals surface area contributed by atoms with Crippen LogP contribution >= 0.6 is 34.8 Å². The molecule has 2 heterocycles. The summed E-state index contributed by atoms with van der Waals surface area (Å²) in [6, 6.07) is 4.69. The molecule has 0 aliphatic carbocycles. The Morgan fingerprint density at radius 1 is 1.25 bits per heavy atom. The summed E-state index contributed by atoms with van der Waals surface area (Å²) in [4.78, 5) is 30.1. The van der Waals surface area contributed by atoms with Crippen molar-refractivity contribution in [3.05, 3.63) is 55.4 Å². The second kappa shape index (κ2) is 7.97. The van der Waals surface area contributed by atoms with Gasteiger partial charge in [0.15, 0.2) is 5.56 Å². The number of esters is 1. The average Bonchev–Trinajstić information content (AvgIpc) is 3.04. The molecular weight excluding hydrogens is 437 g/mol. The van der Waals surface area contributed by atoms with E-state index in [9.17, 15) is 14.9 Å². The number of anilines is 2. The Morgan fingerprint density at radius 3 is 2.54 bits per heavy atom. The van der Waals surface area contributed by atoms with Gasteiger partial charge in [-0.3, -0.25) is 10.1 Å². The predicted octanol–water partition coefficient (Wildman–Crippen LogP) is 4.53. The van der Waals surface area contributed by atoms with Gasteiger partial charge in [0.1, 0.15) is 12.0 Å². The molecule has 28 heavy (non-hydrogen) atoms. The lowest BCUT2D eigenvalue weighted by Crippen LogP contribution is -2.07. The Labute approximate surface area is 171 Å². The van der Waals surface area contributed by atoms with Crippen molar-refractivity contribution in [1.29, 1.82) is 0 Å². The highest BCUT2D eigenvalue weighted by Gasteiger charge is 2.30. The lowest BCUT2D eigenvalue weighted by Gasteiger charge is -2.07. The summed E-state index contributed by atoms with van der Waals surface area (Å²) in [6.45, 7) is 0. The number of carbonyl (C=O) groups is 1. The molecule has 1 aromatic carbocycles. The monoisotopic (exact) mass is 443 g/mol. The van der Waals surface area contributed by atoms with Crippen molar-refractivity contribution >= 4 is 58.2 Å². The first-order chi connectivity index (χ1) is 13.3. The van der Waals surface area contributed by atoms with Gasteiger partial charge in [-0.15, -0.1) is 0 Å². The third-order valence-corrected chi connectivity index (χ3v) is 4.38. The van der Waals surface area contributed by atoms with Crippen LogP contribution in [-0.2, 0) is 4.74 Å². The van der Waals surface area contributed by atoms with E-state index in [0.717, 1.165) is 13.4 Å². The van der Waals surface area contributed by atoms with E-state index in [1.54, 1.807) is 18.2 Å². The molecule has 1 N–H and O–H groups in total. The van der Waals surface area contributed by atoms with Crippen LogP contribution in [0.4, 0.5) is 17.4 Å². The Bertz CT molecular complexity index is 1070. The molecule has 0 fully saturated rings. The summed E-state index contributed by atoms with van der Waals surface area (Å²) < 4.78 is 9.91. The molecule has 2 aromatic heterocycles. The van der Waals surface area contributed by atoms with Crippen molar-refractivity contribution in [3.8, 4) is 11.3 Å². The molecular formula is C15H8Cl3N5O5. The zero-order chi connectivity index (χ0) is 20.4. The molecule has 0 bridgehead atoms. The second-order valence-electron chi connectivity index (χ2n) is 5.07. The van der Waals surface area contributed by atoms with Crippen LogP contribution in [0.1, 0.15) is 10.4 Å². The van der Waals surface area contributed by atoms with E-state index < -0.39 is 21.7 Å². The maximum Gasteiger partial charge on any atom is 0.348 e. The molecule has 0 spiro atoms. The zero-order valence-corrected chi connectivity index (χ0v) is 16.0. The fraction of sp³-hybridized carbons (Fsp3) is 0.0667. The van der Waals surface area contributed by atoms with Crippen LogP contribution in [0.3, 0.4) is 0 Å². The number of hydrogen-bond acceptors (Lipinski definition) is 9. The van der Waals surface area contributed by atoms with Crippen molar-refractivity contribution in [2.75, 3.05) is 12.4 Å². The number of halogens is 3. The highest BCUT2D eigenvalue weighted by molar-refractivity contribution is 6.39. The van der Waals surface area contributed by atoms with Gasteiger partial charge in [0.2, 0.25) is 16.9 Å². The number of carbonyl (C=O) groups excluding carboxylic acids is 1. The standard InChI is InChI=1S/C15H8Cl3N5O5/c1-27-15(24)9-10(8-6(16)3-2-4-7(8)17)22-28-14(9)21-13-11(23(25)26)12(18)19-5-20-13/h2-5H,1H3,(H,19,20,21). The Morgan fingerprint density at radius 2 is 1.93 bits per heavy atom. The Kier molecular flexibility index (Phi) is 5.63. The molecule has 0 atom stereocenters. The van der Waals surface area contributed by atoms with Gasteiger partial charge in [0, 0.05) is 5.56 Å². The Balaban J connectivity index is 2.17. The third kappa shape index (κ3) is 3.57. The van der Waals surface area contributed by atoms with Crippen molar-refractivity contribution < 1.29 is 19.0 Å². The number of nitro groups is 1. The van der Waals surface area contributed by atoms with Crippen molar-refractivity contribution in [1.82, 2.24) is 15.1 Å². The fourth-order valence-corrected chi connectivity index (χ4v) is 3.06. The molecule has 13 heteroatoms. The molecule has 10 nitrogen and oxygen atoms in total. The van der Waals surface area contributed by atoms with Crippen LogP contribution < -0.4 is 5.32 Å². The molecule has 0 saturated carbocycles. The van der Waals surface area contributed by atoms with Crippen LogP contribution in [0.25, 0.3) is 11.3 Å². The molecule has 0 aliphatic rings. The number of nitrogens with zero attached hydrogens (tertiary/aromatic N) is 4. The minimum atomic E-state index is -0.849. The highest BCUT2D eigenvalue weighted by Crippen LogP contribution is 2.40. The first kappa shape index (κ1) is 19.8. The van der Waals surface area contributed by atoms with Crippen LogP contribution in [0.2, 0.25) is 15.2 Å². The second-order valence-corrected chi connectivity index (χ2v) is 6.24. The number of aromatic nitrogens is 3. The van der Waals surface area contributed by atoms with Crippen molar-refractivity contribution in [3.63, 3.8) is 0 Å². The maximum absolute atomic E-state index is 12.3. The van der Waals surface area contributed by atoms with E-state index in [-0.39, 0.29) is 38.6 Å². The van der Waals surface area contributed by atoms with E-state index >= 15 is 0 Å². The van der Waals surface area contributed by atoms with E-state index in [4.69, 9.17) is 44.1 Å². The molecule has 0 aliphatic heterocycles. The summed E-state index contributed by atoms with van der Waals surface area (Å²) >= 11 is 18.1. The van der Waals surface area contributed by atoms with Crippen LogP contribution in [0.5, 0.6) is 0 Å². The molecule has 0 unspecified atom stereocenters. The minimum absolute atomic E-state index is 0.0206. The average molecular weight is 445 g/mol. The number of ether oxygens (including phenoxy) is 1. The lowest BCUT2D eigenvalue weighted by atomic mass is 10.1. The van der Waals surface area contributed by atoms with E-state index in [1.807, 2.05) is 0 Å². The van der Waals surface area contributed by atoms with Gasteiger partial charge < -0.3 is 14.6 Å². The number of hydrogen-bond donors (Lipinski definition) is 1. The van der Waals surface area contributed by atoms with E-state index in [1.165, 1.54) is 0 Å². The first-order valence-corrected chi connectivity index (χ1v) is 8.42. The van der Waals surface area contributed by atoms with Crippen molar-refractivity contribution in [2.24, 2.45) is 0 Å². The van der Waals surface area contributed by atoms with Gasteiger partial charge >= 0.3 is 11.7 Å². The normalized spacial score (nSPS) is 10.6. The number of nitrogens with one attached hydrogen (secondary N) is 1. The van der Waals surface area contributed by atoms with Gasteiger partial charge in [-0.25, -0.2) is 14.8 Å². The van der Waals surface area contributed by atoms with Gasteiger partial charge in [0.25, 0.3) is 0 Å². The molecule has 0 radical (unpaired) electrons. The summed E-state index contributed by atoms with van der Waals surface area (Å²) in [6.07, 6.45) is 0.998. The molecule has 3 rings (SSSR count). The maximum atomic E-state index is 12.3. The topological polar surface area (TPSA) is 133 Å². The minimum Gasteiger partial charge on any atom is -0.465 e. The van der Waals surface area contributed by atoms with Crippen LogP contribution in [0, 0.1) is 10.1 Å². The molecule has 3 aromatic rings. The van der Waals surface area contributed by atoms with Crippen molar-refractivity contribution in [2.45, 2.75) is 0 Å². The van der Waals surface area contributed by atoms with Gasteiger partial charge in [-0.2, -0.15) is 0 Å². The van der Waals surface area contributed by atoms with Gasteiger partial charge in [-0.1, -0.05) is 46.0 Å². The molecule has 0 amide bonds. The van der Waals surface area contributed by atoms with Crippen LogP contribution in [-0.4, -0.2) is 33.1 Å².